The molecule has 0 heterocycles. The van der Waals surface area contributed by atoms with Gasteiger partial charge in [0.15, 0.2) is 0 Å². The van der Waals surface area contributed by atoms with Crippen LogP contribution in [0.3, 0.4) is 0 Å². The molecule has 0 aromatic rings. The summed E-state index contributed by atoms with van der Waals surface area (Å²) in [6.07, 6.45) is 11.6. The molecule has 0 atom stereocenters. The second-order valence-corrected chi connectivity index (χ2v) is 1.77. The van der Waals surface area contributed by atoms with E-state index in [9.17, 15) is 4.79 Å². The Morgan fingerprint density at radius 3 is 2.18 bits per heavy atom. The van der Waals surface area contributed by atoms with Crippen LogP contribution in [0.5, 0.6) is 0 Å². The molecule has 0 aromatic heterocycles. The number of carbonyl (C=O) groups excluding carboxylic acids is 1. The first-order chi connectivity index (χ1) is 5.27. The first kappa shape index (κ1) is 9.43. The van der Waals surface area contributed by atoms with E-state index in [-0.39, 0.29) is 0 Å². The zero-order valence-corrected chi connectivity index (χ0v) is 6.23. The first-order valence-electron chi connectivity index (χ1n) is 3.19. The van der Waals surface area contributed by atoms with E-state index in [1.165, 1.54) is 6.08 Å². The van der Waals surface area contributed by atoms with E-state index < -0.39 is 5.91 Å². The lowest BCUT2D eigenvalue weighted by Crippen LogP contribution is -2.04. The topological polar surface area (TPSA) is 43.1 Å². The minimum Gasteiger partial charge on any atom is -0.366 e. The van der Waals surface area contributed by atoms with E-state index in [0.717, 1.165) is 0 Å². The second-order valence-electron chi connectivity index (χ2n) is 1.77. The standard InChI is InChI=1S/C9H11NO/c1-2-3-4-5-6-7-8-9(10)11/h2-8H,1H2,(H2,10,11)/b4-3+,6-5+,8-7+. The predicted molar refractivity (Wildman–Crippen MR) is 46.8 cm³/mol. The van der Waals surface area contributed by atoms with Crippen molar-refractivity contribution in [3.63, 3.8) is 0 Å². The fourth-order valence-corrected chi connectivity index (χ4v) is 0.421. The molecule has 0 saturated heterocycles. The van der Waals surface area contributed by atoms with Crippen LogP contribution in [0.4, 0.5) is 0 Å². The molecule has 0 aromatic carbocycles. The molecule has 0 saturated carbocycles. The summed E-state index contributed by atoms with van der Waals surface area (Å²) in [6, 6.07) is 0. The number of rotatable bonds is 4. The van der Waals surface area contributed by atoms with Crippen LogP contribution in [0.15, 0.2) is 49.1 Å². The molecule has 0 aliphatic carbocycles. The van der Waals surface area contributed by atoms with Crippen LogP contribution in [0.1, 0.15) is 0 Å². The van der Waals surface area contributed by atoms with Crippen molar-refractivity contribution in [1.82, 2.24) is 0 Å². The zero-order valence-electron chi connectivity index (χ0n) is 6.23. The summed E-state index contributed by atoms with van der Waals surface area (Å²) < 4.78 is 0. The Morgan fingerprint density at radius 1 is 1.09 bits per heavy atom. The Bertz CT molecular complexity index is 212. The Morgan fingerprint density at radius 2 is 1.64 bits per heavy atom. The van der Waals surface area contributed by atoms with E-state index >= 15 is 0 Å². The van der Waals surface area contributed by atoms with E-state index in [4.69, 9.17) is 5.73 Å². The van der Waals surface area contributed by atoms with Crippen LogP contribution in [-0.2, 0) is 4.79 Å². The summed E-state index contributed by atoms with van der Waals surface area (Å²) in [7, 11) is 0. The zero-order chi connectivity index (χ0) is 8.53. The van der Waals surface area contributed by atoms with Gasteiger partial charge in [0.1, 0.15) is 0 Å². The third-order valence-corrected chi connectivity index (χ3v) is 0.841. The molecule has 11 heavy (non-hydrogen) atoms. The van der Waals surface area contributed by atoms with Crippen LogP contribution in [0, 0.1) is 0 Å². The smallest absolute Gasteiger partial charge is 0.241 e. The maximum Gasteiger partial charge on any atom is 0.241 e. The first-order valence-corrected chi connectivity index (χ1v) is 3.19. The Hall–Kier alpha value is -1.57. The summed E-state index contributed by atoms with van der Waals surface area (Å²) in [4.78, 5) is 10.2. The highest BCUT2D eigenvalue weighted by atomic mass is 16.1. The van der Waals surface area contributed by atoms with Crippen molar-refractivity contribution in [3.8, 4) is 0 Å². The van der Waals surface area contributed by atoms with Crippen molar-refractivity contribution in [2.45, 2.75) is 0 Å². The number of carbonyl (C=O) groups is 1. The summed E-state index contributed by atoms with van der Waals surface area (Å²) in [5, 5.41) is 0. The van der Waals surface area contributed by atoms with Crippen LogP contribution in [0.25, 0.3) is 0 Å². The molecule has 0 rings (SSSR count). The van der Waals surface area contributed by atoms with Gasteiger partial charge in [-0.15, -0.1) is 0 Å². The fourth-order valence-electron chi connectivity index (χ4n) is 0.421. The summed E-state index contributed by atoms with van der Waals surface area (Å²) in [6.45, 7) is 3.49. The average molecular weight is 149 g/mol. The van der Waals surface area contributed by atoms with Crippen molar-refractivity contribution in [2.24, 2.45) is 5.73 Å². The number of primary amides is 1. The fraction of sp³-hybridized carbons (Fsp3) is 0. The number of nitrogens with two attached hydrogens (primary N) is 1. The summed E-state index contributed by atoms with van der Waals surface area (Å²) in [5.41, 5.74) is 4.84. The highest BCUT2D eigenvalue weighted by Crippen LogP contribution is 1.79. The molecule has 0 bridgehead atoms. The van der Waals surface area contributed by atoms with Crippen LogP contribution >= 0.6 is 0 Å². The van der Waals surface area contributed by atoms with Crippen molar-refractivity contribution < 1.29 is 4.79 Å². The van der Waals surface area contributed by atoms with Gasteiger partial charge in [-0.25, -0.2) is 0 Å². The average Bonchev–Trinajstić information content (AvgIpc) is 1.96. The van der Waals surface area contributed by atoms with Crippen molar-refractivity contribution in [2.75, 3.05) is 0 Å². The van der Waals surface area contributed by atoms with E-state index in [0.29, 0.717) is 0 Å². The lowest BCUT2D eigenvalue weighted by Gasteiger charge is -1.74. The number of amides is 1. The number of hydrogen-bond acceptors (Lipinski definition) is 1. The van der Waals surface area contributed by atoms with E-state index in [1.807, 2.05) is 0 Å². The molecular formula is C9H11NO. The monoisotopic (exact) mass is 149 g/mol. The van der Waals surface area contributed by atoms with Gasteiger partial charge in [-0.1, -0.05) is 43.0 Å². The Labute approximate surface area is 66.4 Å². The van der Waals surface area contributed by atoms with Gasteiger partial charge in [0.2, 0.25) is 5.91 Å². The molecular weight excluding hydrogens is 138 g/mol. The maximum absolute atomic E-state index is 10.2. The van der Waals surface area contributed by atoms with Crippen molar-refractivity contribution in [1.29, 1.82) is 0 Å². The molecule has 2 heteroatoms. The molecule has 0 spiro atoms. The third-order valence-electron chi connectivity index (χ3n) is 0.841. The van der Waals surface area contributed by atoms with E-state index in [2.05, 4.69) is 6.58 Å². The van der Waals surface area contributed by atoms with Crippen molar-refractivity contribution >= 4 is 5.91 Å². The van der Waals surface area contributed by atoms with Crippen LogP contribution in [-0.4, -0.2) is 5.91 Å². The molecule has 0 aliphatic heterocycles. The lowest BCUT2D eigenvalue weighted by molar-refractivity contribution is -0.113. The molecule has 58 valence electrons. The molecule has 2 nitrogen and oxygen atoms in total. The number of allylic oxidation sites excluding steroid dienone is 6. The largest absolute Gasteiger partial charge is 0.366 e. The van der Waals surface area contributed by atoms with Gasteiger partial charge >= 0.3 is 0 Å². The van der Waals surface area contributed by atoms with Crippen molar-refractivity contribution in [3.05, 3.63) is 49.1 Å². The van der Waals surface area contributed by atoms with Crippen LogP contribution in [0.2, 0.25) is 0 Å². The van der Waals surface area contributed by atoms with Gasteiger partial charge in [-0.05, 0) is 0 Å². The molecule has 0 aliphatic rings. The quantitative estimate of drug-likeness (QED) is 0.475. The SMILES string of the molecule is C=C/C=C/C=C/C=C/C(N)=O. The molecule has 0 radical (unpaired) electrons. The molecule has 1 amide bonds. The van der Waals surface area contributed by atoms with Gasteiger partial charge in [0, 0.05) is 6.08 Å². The van der Waals surface area contributed by atoms with Gasteiger partial charge in [-0.2, -0.15) is 0 Å². The minimum absolute atomic E-state index is 0.442. The third kappa shape index (κ3) is 8.43. The predicted octanol–water partition coefficient (Wildman–Crippen LogP) is 1.33. The highest BCUT2D eigenvalue weighted by Gasteiger charge is 1.75. The lowest BCUT2D eigenvalue weighted by atomic mass is 10.4. The van der Waals surface area contributed by atoms with Gasteiger partial charge in [0.05, 0.1) is 0 Å². The minimum atomic E-state index is -0.442. The molecule has 0 unspecified atom stereocenters. The Kier molecular flexibility index (Phi) is 5.61. The van der Waals surface area contributed by atoms with Gasteiger partial charge in [0.25, 0.3) is 0 Å². The summed E-state index contributed by atoms with van der Waals surface area (Å²) in [5.74, 6) is -0.442. The van der Waals surface area contributed by atoms with Gasteiger partial charge < -0.3 is 5.73 Å². The van der Waals surface area contributed by atoms with E-state index in [1.54, 1.807) is 36.5 Å². The maximum atomic E-state index is 10.2. The molecule has 2 N–H and O–H groups in total. The molecule has 0 fully saturated rings. The highest BCUT2D eigenvalue weighted by molar-refractivity contribution is 5.85. The number of hydrogen-bond donors (Lipinski definition) is 1. The summed E-state index contributed by atoms with van der Waals surface area (Å²) >= 11 is 0. The normalized spacial score (nSPS) is 11.6. The van der Waals surface area contributed by atoms with Crippen LogP contribution < -0.4 is 5.73 Å². The second kappa shape index (κ2) is 6.55. The van der Waals surface area contributed by atoms with Gasteiger partial charge in [-0.3, -0.25) is 4.79 Å². The Balaban J connectivity index is 3.68.